The van der Waals surface area contributed by atoms with Gasteiger partial charge in [-0.1, -0.05) is 0 Å². The highest BCUT2D eigenvalue weighted by Crippen LogP contribution is 2.25. The summed E-state index contributed by atoms with van der Waals surface area (Å²) >= 11 is 0. The van der Waals surface area contributed by atoms with Crippen LogP contribution in [0.4, 0.5) is 10.2 Å². The summed E-state index contributed by atoms with van der Waals surface area (Å²) in [5, 5.41) is 2.65. The number of carbonyl (C=O) groups is 2. The summed E-state index contributed by atoms with van der Waals surface area (Å²) in [4.78, 5) is 28.9. The van der Waals surface area contributed by atoms with E-state index in [0.717, 1.165) is 18.7 Å². The second kappa shape index (κ2) is 6.07. The number of hydrogen-bond acceptors (Lipinski definition) is 4. The van der Waals surface area contributed by atoms with E-state index in [1.807, 2.05) is 0 Å². The number of aryl methyl sites for hydroxylation is 3. The predicted molar refractivity (Wildman–Crippen MR) is 85.7 cm³/mol. The zero-order chi connectivity index (χ0) is 17.4. The third-order valence-electron chi connectivity index (χ3n) is 4.14. The zero-order valence-electron chi connectivity index (χ0n) is 13.8. The molecule has 2 heterocycles. The van der Waals surface area contributed by atoms with Gasteiger partial charge in [-0.05, 0) is 43.5 Å². The summed E-state index contributed by atoms with van der Waals surface area (Å²) in [6.45, 7) is 3.87. The third-order valence-corrected chi connectivity index (χ3v) is 4.14. The quantitative estimate of drug-likeness (QED) is 0.878. The van der Waals surface area contributed by atoms with Gasteiger partial charge in [0.25, 0.3) is 5.91 Å². The summed E-state index contributed by atoms with van der Waals surface area (Å²) in [7, 11) is 1.29. The van der Waals surface area contributed by atoms with Crippen LogP contribution in [0.5, 0.6) is 0 Å². The summed E-state index contributed by atoms with van der Waals surface area (Å²) < 4.78 is 20.3. The Bertz CT molecular complexity index is 819. The first-order valence-corrected chi connectivity index (χ1v) is 7.68. The fourth-order valence-electron chi connectivity index (χ4n) is 2.97. The number of nitrogens with one attached hydrogen (secondary N) is 1. The summed E-state index contributed by atoms with van der Waals surface area (Å²) in [5.41, 5.74) is 1.34. The van der Waals surface area contributed by atoms with Crippen molar-refractivity contribution in [2.75, 3.05) is 12.4 Å². The number of esters is 1. The van der Waals surface area contributed by atoms with Gasteiger partial charge in [0.05, 0.1) is 7.11 Å². The highest BCUT2D eigenvalue weighted by molar-refractivity contribution is 6.07. The normalized spacial score (nSPS) is 12.8. The van der Waals surface area contributed by atoms with Gasteiger partial charge >= 0.3 is 5.97 Å². The number of nitrogens with zero attached hydrogens (tertiary/aromatic N) is 2. The van der Waals surface area contributed by atoms with Gasteiger partial charge in [-0.3, -0.25) is 4.79 Å². The lowest BCUT2D eigenvalue weighted by atomic mass is 10.1. The Morgan fingerprint density at radius 1 is 1.29 bits per heavy atom. The Morgan fingerprint density at radius 2 is 1.96 bits per heavy atom. The maximum Gasteiger partial charge on any atom is 0.358 e. The van der Waals surface area contributed by atoms with E-state index in [-0.39, 0.29) is 17.3 Å². The second-order valence-corrected chi connectivity index (χ2v) is 5.85. The van der Waals surface area contributed by atoms with Gasteiger partial charge in [0.15, 0.2) is 11.5 Å². The van der Waals surface area contributed by atoms with E-state index in [1.54, 1.807) is 18.4 Å². The van der Waals surface area contributed by atoms with Crippen molar-refractivity contribution < 1.29 is 18.7 Å². The molecule has 0 radical (unpaired) electrons. The minimum Gasteiger partial charge on any atom is -0.464 e. The second-order valence-electron chi connectivity index (χ2n) is 5.85. The highest BCUT2D eigenvalue weighted by atomic mass is 19.1. The van der Waals surface area contributed by atoms with Crippen LogP contribution < -0.4 is 5.32 Å². The maximum absolute atomic E-state index is 13.7. The molecule has 0 atom stereocenters. The van der Waals surface area contributed by atoms with Gasteiger partial charge in [0.1, 0.15) is 11.6 Å². The Kier molecular flexibility index (Phi) is 4.09. The van der Waals surface area contributed by atoms with Crippen LogP contribution in [-0.2, 0) is 17.7 Å². The third kappa shape index (κ3) is 2.66. The molecule has 1 aliphatic heterocycles. The van der Waals surface area contributed by atoms with Crippen LogP contribution in [0.1, 0.15) is 44.2 Å². The molecule has 3 rings (SSSR count). The molecular weight excluding hydrogens is 313 g/mol. The first kappa shape index (κ1) is 16.2. The summed E-state index contributed by atoms with van der Waals surface area (Å²) in [6.07, 6.45) is 1.64. The van der Waals surface area contributed by atoms with Gasteiger partial charge in [-0.25, -0.2) is 14.2 Å². The molecule has 1 N–H and O–H groups in total. The molecule has 0 aliphatic carbocycles. The SMILES string of the molecule is COC(=O)c1c(NC(=O)c2cc(C)c(F)c(C)c2)nc2n1CCC2. The lowest BCUT2D eigenvalue weighted by Crippen LogP contribution is -2.17. The molecule has 1 aromatic heterocycles. The Hall–Kier alpha value is -2.70. The summed E-state index contributed by atoms with van der Waals surface area (Å²) in [5.74, 6) is -0.387. The van der Waals surface area contributed by atoms with E-state index in [2.05, 4.69) is 10.3 Å². The average Bonchev–Trinajstić information content (AvgIpc) is 3.11. The van der Waals surface area contributed by atoms with Crippen molar-refractivity contribution in [2.45, 2.75) is 33.2 Å². The van der Waals surface area contributed by atoms with Crippen LogP contribution in [0.25, 0.3) is 0 Å². The number of benzene rings is 1. The van der Waals surface area contributed by atoms with Crippen molar-refractivity contribution in [1.29, 1.82) is 0 Å². The largest absolute Gasteiger partial charge is 0.464 e. The molecule has 2 aromatic rings. The van der Waals surface area contributed by atoms with E-state index in [9.17, 15) is 14.0 Å². The number of imidazole rings is 1. The number of aromatic nitrogens is 2. The van der Waals surface area contributed by atoms with Gasteiger partial charge in [-0.15, -0.1) is 0 Å². The van der Waals surface area contributed by atoms with Crippen LogP contribution in [0.2, 0.25) is 0 Å². The number of anilines is 1. The van der Waals surface area contributed by atoms with Gasteiger partial charge in [0.2, 0.25) is 0 Å². The molecule has 1 aromatic carbocycles. The van der Waals surface area contributed by atoms with Crippen molar-refractivity contribution in [3.05, 3.63) is 46.2 Å². The molecule has 0 bridgehead atoms. The van der Waals surface area contributed by atoms with Crippen molar-refractivity contribution in [1.82, 2.24) is 9.55 Å². The molecule has 24 heavy (non-hydrogen) atoms. The van der Waals surface area contributed by atoms with Crippen LogP contribution in [0.15, 0.2) is 12.1 Å². The lowest BCUT2D eigenvalue weighted by molar-refractivity contribution is 0.0590. The number of rotatable bonds is 3. The molecule has 0 saturated carbocycles. The molecule has 0 spiro atoms. The predicted octanol–water partition coefficient (Wildman–Crippen LogP) is 2.62. The average molecular weight is 331 g/mol. The first-order chi connectivity index (χ1) is 11.4. The molecule has 0 unspecified atom stereocenters. The number of halogens is 1. The van der Waals surface area contributed by atoms with E-state index in [1.165, 1.54) is 19.2 Å². The maximum atomic E-state index is 13.7. The monoisotopic (exact) mass is 331 g/mol. The van der Waals surface area contributed by atoms with Crippen LogP contribution >= 0.6 is 0 Å². The van der Waals surface area contributed by atoms with E-state index in [0.29, 0.717) is 23.2 Å². The fourth-order valence-corrected chi connectivity index (χ4v) is 2.97. The number of ether oxygens (including phenoxy) is 1. The minimum absolute atomic E-state index is 0.182. The lowest BCUT2D eigenvalue weighted by Gasteiger charge is -2.09. The first-order valence-electron chi connectivity index (χ1n) is 7.68. The number of hydrogen-bond donors (Lipinski definition) is 1. The van der Waals surface area contributed by atoms with E-state index >= 15 is 0 Å². The van der Waals surface area contributed by atoms with Crippen LogP contribution in [0, 0.1) is 19.7 Å². The molecular formula is C17H18FN3O3. The molecule has 1 aliphatic rings. The highest BCUT2D eigenvalue weighted by Gasteiger charge is 2.27. The van der Waals surface area contributed by atoms with Crippen molar-refractivity contribution in [3.8, 4) is 0 Å². The Morgan fingerprint density at radius 3 is 2.58 bits per heavy atom. The van der Waals surface area contributed by atoms with Gasteiger partial charge in [0, 0.05) is 18.5 Å². The standard InChI is InChI=1S/C17H18FN3O3/c1-9-7-11(8-10(2)13(9)18)16(22)20-15-14(17(23)24-3)21-6-4-5-12(21)19-15/h7-8H,4-6H2,1-3H3,(H,20,22). The molecule has 0 saturated heterocycles. The molecule has 1 amide bonds. The number of carbonyl (C=O) groups excluding carboxylic acids is 2. The van der Waals surface area contributed by atoms with Gasteiger partial charge < -0.3 is 14.6 Å². The van der Waals surface area contributed by atoms with Gasteiger partial charge in [-0.2, -0.15) is 0 Å². The Labute approximate surface area is 138 Å². The van der Waals surface area contributed by atoms with Crippen LogP contribution in [-0.4, -0.2) is 28.5 Å². The minimum atomic E-state index is -0.544. The van der Waals surface area contributed by atoms with E-state index in [4.69, 9.17) is 4.74 Å². The van der Waals surface area contributed by atoms with Crippen molar-refractivity contribution >= 4 is 17.7 Å². The topological polar surface area (TPSA) is 73.2 Å². The summed E-state index contributed by atoms with van der Waals surface area (Å²) in [6, 6.07) is 2.94. The van der Waals surface area contributed by atoms with Crippen molar-refractivity contribution in [2.24, 2.45) is 0 Å². The molecule has 126 valence electrons. The Balaban J connectivity index is 1.94. The van der Waals surface area contributed by atoms with Crippen LogP contribution in [0.3, 0.4) is 0 Å². The number of amides is 1. The smallest absolute Gasteiger partial charge is 0.358 e. The van der Waals surface area contributed by atoms with Crippen molar-refractivity contribution in [3.63, 3.8) is 0 Å². The molecule has 0 fully saturated rings. The fraction of sp³-hybridized carbons (Fsp3) is 0.353. The number of methoxy groups -OCH3 is 1. The van der Waals surface area contributed by atoms with E-state index < -0.39 is 11.9 Å². The molecule has 7 heteroatoms. The number of fused-ring (bicyclic) bond motifs is 1. The molecule has 6 nitrogen and oxygen atoms in total. The zero-order valence-corrected chi connectivity index (χ0v) is 13.8.